The molecule has 0 aliphatic carbocycles. The minimum absolute atomic E-state index is 0.00474. The summed E-state index contributed by atoms with van der Waals surface area (Å²) in [4.78, 5) is 12.0. The van der Waals surface area contributed by atoms with Gasteiger partial charge >= 0.3 is 0 Å². The highest BCUT2D eigenvalue weighted by Gasteiger charge is 2.22. The fraction of sp³-hybridized carbons (Fsp3) is 0.500. The van der Waals surface area contributed by atoms with Crippen LogP contribution >= 0.6 is 0 Å². The van der Waals surface area contributed by atoms with Gasteiger partial charge in [-0.15, -0.1) is 0 Å². The highest BCUT2D eigenvalue weighted by atomic mass is 16.5. The number of benzene rings is 1. The second-order valence-electron chi connectivity index (χ2n) is 4.44. The molecule has 5 nitrogen and oxygen atoms in total. The Labute approximate surface area is 113 Å². The van der Waals surface area contributed by atoms with Gasteiger partial charge in [-0.2, -0.15) is 0 Å². The highest BCUT2D eigenvalue weighted by Crippen LogP contribution is 2.30. The number of amides is 1. The monoisotopic (exact) mass is 264 g/mol. The maximum Gasteiger partial charge on any atom is 0.241 e. The van der Waals surface area contributed by atoms with Gasteiger partial charge in [-0.3, -0.25) is 4.79 Å². The van der Waals surface area contributed by atoms with E-state index < -0.39 is 0 Å². The van der Waals surface area contributed by atoms with E-state index >= 15 is 0 Å². The summed E-state index contributed by atoms with van der Waals surface area (Å²) in [6.45, 7) is 3.37. The van der Waals surface area contributed by atoms with Gasteiger partial charge in [0.05, 0.1) is 19.8 Å². The van der Waals surface area contributed by atoms with E-state index in [0.29, 0.717) is 18.1 Å². The Kier molecular flexibility index (Phi) is 4.63. The van der Waals surface area contributed by atoms with Gasteiger partial charge in [0.15, 0.2) is 11.5 Å². The van der Waals surface area contributed by atoms with Crippen LogP contribution in [-0.4, -0.2) is 32.2 Å². The third-order valence-electron chi connectivity index (χ3n) is 3.11. The van der Waals surface area contributed by atoms with Crippen molar-refractivity contribution in [2.24, 2.45) is 0 Å². The molecule has 0 radical (unpaired) electrons. The molecule has 19 heavy (non-hydrogen) atoms. The molecule has 1 aliphatic heterocycles. The van der Waals surface area contributed by atoms with Crippen LogP contribution in [0.25, 0.3) is 0 Å². The quantitative estimate of drug-likeness (QED) is 0.851. The van der Waals surface area contributed by atoms with Gasteiger partial charge in [0.1, 0.15) is 0 Å². The first-order valence-electron chi connectivity index (χ1n) is 6.59. The van der Waals surface area contributed by atoms with Crippen molar-refractivity contribution in [3.63, 3.8) is 0 Å². The zero-order valence-corrected chi connectivity index (χ0v) is 11.4. The number of ether oxygens (including phenoxy) is 2. The number of carbonyl (C=O) groups is 1. The number of anilines is 1. The van der Waals surface area contributed by atoms with Gasteiger partial charge in [0, 0.05) is 11.8 Å². The van der Waals surface area contributed by atoms with E-state index in [0.717, 1.165) is 25.1 Å². The van der Waals surface area contributed by atoms with Crippen molar-refractivity contribution in [3.8, 4) is 11.5 Å². The van der Waals surface area contributed by atoms with Crippen molar-refractivity contribution < 1.29 is 14.3 Å². The van der Waals surface area contributed by atoms with E-state index in [1.54, 1.807) is 19.2 Å². The molecule has 5 heteroatoms. The summed E-state index contributed by atoms with van der Waals surface area (Å²) in [5, 5.41) is 6.07. The zero-order valence-electron chi connectivity index (χ0n) is 11.4. The van der Waals surface area contributed by atoms with Gasteiger partial charge in [0.25, 0.3) is 0 Å². The van der Waals surface area contributed by atoms with E-state index in [9.17, 15) is 4.79 Å². The fourth-order valence-corrected chi connectivity index (χ4v) is 2.16. The summed E-state index contributed by atoms with van der Waals surface area (Å²) in [5.41, 5.74) is 0.725. The lowest BCUT2D eigenvalue weighted by Crippen LogP contribution is -2.35. The number of hydrogen-bond donors (Lipinski definition) is 2. The van der Waals surface area contributed by atoms with Gasteiger partial charge in [-0.1, -0.05) is 0 Å². The second-order valence-corrected chi connectivity index (χ2v) is 4.44. The average Bonchev–Trinajstić information content (AvgIpc) is 2.93. The van der Waals surface area contributed by atoms with Gasteiger partial charge in [0.2, 0.25) is 5.91 Å². The first-order chi connectivity index (χ1) is 9.24. The molecule has 1 amide bonds. The van der Waals surface area contributed by atoms with Crippen LogP contribution < -0.4 is 20.1 Å². The molecule has 0 spiro atoms. The molecule has 0 bridgehead atoms. The first kappa shape index (κ1) is 13.7. The third-order valence-corrected chi connectivity index (χ3v) is 3.11. The Morgan fingerprint density at radius 2 is 2.32 bits per heavy atom. The Morgan fingerprint density at radius 1 is 1.47 bits per heavy atom. The van der Waals surface area contributed by atoms with E-state index in [-0.39, 0.29) is 11.9 Å². The van der Waals surface area contributed by atoms with Crippen molar-refractivity contribution in [3.05, 3.63) is 18.2 Å². The minimum atomic E-state index is -0.0855. The van der Waals surface area contributed by atoms with Crippen LogP contribution in [0.5, 0.6) is 11.5 Å². The van der Waals surface area contributed by atoms with Crippen molar-refractivity contribution in [1.29, 1.82) is 0 Å². The molecular formula is C14H20N2O3. The van der Waals surface area contributed by atoms with Gasteiger partial charge < -0.3 is 20.1 Å². The molecule has 104 valence electrons. The number of rotatable bonds is 5. The van der Waals surface area contributed by atoms with Crippen LogP contribution in [0.4, 0.5) is 5.69 Å². The predicted molar refractivity (Wildman–Crippen MR) is 73.8 cm³/mol. The number of nitrogens with one attached hydrogen (secondary N) is 2. The number of hydrogen-bond acceptors (Lipinski definition) is 4. The Bertz CT molecular complexity index is 442. The molecule has 2 N–H and O–H groups in total. The lowest BCUT2D eigenvalue weighted by Gasteiger charge is -2.14. The van der Waals surface area contributed by atoms with E-state index in [2.05, 4.69) is 10.6 Å². The first-order valence-corrected chi connectivity index (χ1v) is 6.59. The zero-order chi connectivity index (χ0) is 13.7. The van der Waals surface area contributed by atoms with E-state index in [4.69, 9.17) is 9.47 Å². The molecule has 2 rings (SSSR count). The third kappa shape index (κ3) is 3.38. The maximum atomic E-state index is 12.0. The maximum absolute atomic E-state index is 12.0. The van der Waals surface area contributed by atoms with Crippen LogP contribution in [0.1, 0.15) is 19.8 Å². The fourth-order valence-electron chi connectivity index (χ4n) is 2.16. The summed E-state index contributed by atoms with van der Waals surface area (Å²) < 4.78 is 10.7. The summed E-state index contributed by atoms with van der Waals surface area (Å²) in [6.07, 6.45) is 1.94. The normalized spacial score (nSPS) is 18.1. The molecule has 0 unspecified atom stereocenters. The largest absolute Gasteiger partial charge is 0.493 e. The lowest BCUT2D eigenvalue weighted by molar-refractivity contribution is -0.117. The summed E-state index contributed by atoms with van der Waals surface area (Å²) >= 11 is 0. The highest BCUT2D eigenvalue weighted by molar-refractivity contribution is 5.95. The van der Waals surface area contributed by atoms with Crippen LogP contribution in [0.3, 0.4) is 0 Å². The molecular weight excluding hydrogens is 244 g/mol. The van der Waals surface area contributed by atoms with Crippen molar-refractivity contribution in [1.82, 2.24) is 5.32 Å². The van der Waals surface area contributed by atoms with Gasteiger partial charge in [-0.05, 0) is 38.4 Å². The average molecular weight is 264 g/mol. The van der Waals surface area contributed by atoms with Crippen LogP contribution in [-0.2, 0) is 4.79 Å². The molecule has 1 heterocycles. The predicted octanol–water partition coefficient (Wildman–Crippen LogP) is 1.78. The molecule has 1 atom stereocenters. The van der Waals surface area contributed by atoms with Crippen molar-refractivity contribution in [2.45, 2.75) is 25.8 Å². The summed E-state index contributed by atoms with van der Waals surface area (Å²) in [7, 11) is 1.60. The second kappa shape index (κ2) is 6.43. The summed E-state index contributed by atoms with van der Waals surface area (Å²) in [6, 6.07) is 5.31. The molecule has 0 saturated carbocycles. The van der Waals surface area contributed by atoms with Crippen LogP contribution in [0.15, 0.2) is 18.2 Å². The Balaban J connectivity index is 2.07. The molecule has 1 saturated heterocycles. The molecule has 0 aromatic heterocycles. The Hall–Kier alpha value is -1.75. The van der Waals surface area contributed by atoms with Crippen LogP contribution in [0.2, 0.25) is 0 Å². The Morgan fingerprint density at radius 3 is 2.95 bits per heavy atom. The summed E-state index contributed by atoms with van der Waals surface area (Å²) in [5.74, 6) is 1.31. The molecule has 1 aromatic carbocycles. The van der Waals surface area contributed by atoms with Crippen LogP contribution in [0, 0.1) is 0 Å². The number of carbonyl (C=O) groups excluding carboxylic acids is 1. The minimum Gasteiger partial charge on any atom is -0.493 e. The standard InChI is InChI=1S/C14H20N2O3/c1-3-19-13-9-10(6-7-12(13)18-2)16-14(17)11-5-4-8-15-11/h6-7,9,11,15H,3-5,8H2,1-2H3,(H,16,17)/t11-/m0/s1. The van der Waals surface area contributed by atoms with Crippen molar-refractivity contribution in [2.75, 3.05) is 25.6 Å². The van der Waals surface area contributed by atoms with Gasteiger partial charge in [-0.25, -0.2) is 0 Å². The topological polar surface area (TPSA) is 59.6 Å². The van der Waals surface area contributed by atoms with E-state index in [1.165, 1.54) is 0 Å². The lowest BCUT2D eigenvalue weighted by atomic mass is 10.2. The van der Waals surface area contributed by atoms with E-state index in [1.807, 2.05) is 13.0 Å². The molecule has 1 aromatic rings. The molecule has 1 fully saturated rings. The van der Waals surface area contributed by atoms with Crippen molar-refractivity contribution >= 4 is 11.6 Å². The number of methoxy groups -OCH3 is 1. The SMILES string of the molecule is CCOc1cc(NC(=O)[C@@H]2CCCN2)ccc1OC. The smallest absolute Gasteiger partial charge is 0.241 e. The molecule has 1 aliphatic rings.